The number of H-pyrrole nitrogens is 1. The van der Waals surface area contributed by atoms with Crippen LogP contribution in [0.4, 0.5) is 40.8 Å². The Kier molecular flexibility index (Phi) is 6.80. The maximum absolute atomic E-state index is 15.0. The van der Waals surface area contributed by atoms with Gasteiger partial charge in [0.15, 0.2) is 11.6 Å². The number of hydrogen-bond acceptors (Lipinski definition) is 6. The summed E-state index contributed by atoms with van der Waals surface area (Å²) in [4.78, 5) is 19.8. The summed E-state index contributed by atoms with van der Waals surface area (Å²) in [6.45, 7) is 1.79. The first-order valence-corrected chi connectivity index (χ1v) is 10.7. The van der Waals surface area contributed by atoms with E-state index in [-0.39, 0.29) is 33.5 Å². The van der Waals surface area contributed by atoms with Gasteiger partial charge in [-0.3, -0.25) is 9.89 Å². The van der Waals surface area contributed by atoms with Crippen molar-refractivity contribution in [3.63, 3.8) is 0 Å². The Labute approximate surface area is 207 Å². The van der Waals surface area contributed by atoms with Gasteiger partial charge >= 0.3 is 6.18 Å². The summed E-state index contributed by atoms with van der Waals surface area (Å²) in [6.07, 6.45) is -3.59. The van der Waals surface area contributed by atoms with Gasteiger partial charge in [0.2, 0.25) is 5.95 Å². The molecule has 0 saturated carbocycles. The Balaban J connectivity index is 1.68. The van der Waals surface area contributed by atoms with Crippen LogP contribution in [-0.2, 0) is 6.18 Å². The molecule has 0 fully saturated rings. The van der Waals surface area contributed by atoms with Crippen molar-refractivity contribution in [2.24, 2.45) is 0 Å². The first kappa shape index (κ1) is 24.9. The Hall–Kier alpha value is -4.19. The van der Waals surface area contributed by atoms with Crippen molar-refractivity contribution >= 4 is 40.8 Å². The fourth-order valence-corrected chi connectivity index (χ4v) is 3.47. The van der Waals surface area contributed by atoms with E-state index in [9.17, 15) is 22.4 Å². The summed E-state index contributed by atoms with van der Waals surface area (Å²) in [7, 11) is 1.43. The lowest BCUT2D eigenvalue weighted by Gasteiger charge is -2.17. The SMILES string of the molecule is CNC(=O)c1ccc(-c2cc(F)c(Nc3ncc(Cl)c(Nc4cc(C)[nH]n4)n3)cc2C(F)(F)F)cc1. The smallest absolute Gasteiger partial charge is 0.355 e. The predicted octanol–water partition coefficient (Wildman–Crippen LogP) is 5.83. The highest BCUT2D eigenvalue weighted by atomic mass is 35.5. The Morgan fingerprint density at radius 1 is 1.08 bits per heavy atom. The summed E-state index contributed by atoms with van der Waals surface area (Å²) >= 11 is 6.10. The van der Waals surface area contributed by atoms with Crippen molar-refractivity contribution in [2.45, 2.75) is 13.1 Å². The molecule has 4 rings (SSSR count). The van der Waals surface area contributed by atoms with Crippen molar-refractivity contribution in [3.05, 3.63) is 76.3 Å². The molecule has 0 atom stereocenters. The third kappa shape index (κ3) is 5.38. The van der Waals surface area contributed by atoms with Crippen molar-refractivity contribution in [3.8, 4) is 11.1 Å². The van der Waals surface area contributed by atoms with E-state index in [2.05, 4.69) is 36.1 Å². The topological polar surface area (TPSA) is 108 Å². The van der Waals surface area contributed by atoms with E-state index in [4.69, 9.17) is 11.6 Å². The molecule has 0 saturated heterocycles. The second-order valence-electron chi connectivity index (χ2n) is 7.61. The predicted molar refractivity (Wildman–Crippen MR) is 127 cm³/mol. The molecule has 0 radical (unpaired) electrons. The molecule has 4 aromatic rings. The molecule has 0 aliphatic rings. The first-order valence-electron chi connectivity index (χ1n) is 10.4. The number of rotatable bonds is 6. The van der Waals surface area contributed by atoms with Crippen LogP contribution in [-0.4, -0.2) is 33.1 Å². The van der Waals surface area contributed by atoms with E-state index in [1.807, 2.05) is 0 Å². The van der Waals surface area contributed by atoms with Gasteiger partial charge in [-0.05, 0) is 42.3 Å². The summed E-state index contributed by atoms with van der Waals surface area (Å²) in [5.41, 5.74) is -0.851. The highest BCUT2D eigenvalue weighted by Crippen LogP contribution is 2.40. The number of benzene rings is 2. The fraction of sp³-hybridized carbons (Fsp3) is 0.130. The van der Waals surface area contributed by atoms with E-state index in [1.165, 1.54) is 37.5 Å². The zero-order valence-corrected chi connectivity index (χ0v) is 19.5. The molecule has 36 heavy (non-hydrogen) atoms. The standard InChI is InChI=1S/C23H18ClF4N7O/c1-11-7-19(35-34-11)32-20-16(24)10-30-22(33-20)31-18-9-15(23(26,27)28)14(8-17(18)25)12-3-5-13(6-4-12)21(36)29-2/h3-10H,1-2H3,(H,29,36)(H3,30,31,32,33,34,35). The molecular formula is C23H18ClF4N7O. The number of aryl methyl sites for hydroxylation is 1. The van der Waals surface area contributed by atoms with Gasteiger partial charge in [-0.15, -0.1) is 0 Å². The molecule has 0 unspecified atom stereocenters. The molecule has 0 bridgehead atoms. The van der Waals surface area contributed by atoms with Gasteiger partial charge in [0.25, 0.3) is 5.91 Å². The minimum Gasteiger partial charge on any atom is -0.355 e. The van der Waals surface area contributed by atoms with Gasteiger partial charge < -0.3 is 16.0 Å². The number of alkyl halides is 3. The van der Waals surface area contributed by atoms with E-state index in [1.54, 1.807) is 13.0 Å². The number of aromatic nitrogens is 4. The van der Waals surface area contributed by atoms with Crippen molar-refractivity contribution in [2.75, 3.05) is 17.7 Å². The van der Waals surface area contributed by atoms with Gasteiger partial charge in [0.1, 0.15) is 10.8 Å². The van der Waals surface area contributed by atoms with Crippen molar-refractivity contribution < 1.29 is 22.4 Å². The monoisotopic (exact) mass is 519 g/mol. The largest absolute Gasteiger partial charge is 0.417 e. The number of nitrogens with zero attached hydrogens (tertiary/aromatic N) is 3. The Morgan fingerprint density at radius 2 is 1.81 bits per heavy atom. The molecule has 0 spiro atoms. The van der Waals surface area contributed by atoms with Crippen LogP contribution in [0.1, 0.15) is 21.6 Å². The highest BCUT2D eigenvalue weighted by molar-refractivity contribution is 6.32. The molecule has 2 aromatic heterocycles. The molecule has 0 aliphatic carbocycles. The molecule has 4 N–H and O–H groups in total. The van der Waals surface area contributed by atoms with Gasteiger partial charge in [0.05, 0.1) is 17.4 Å². The molecule has 2 aromatic carbocycles. The fourth-order valence-electron chi connectivity index (χ4n) is 3.33. The van der Waals surface area contributed by atoms with E-state index >= 15 is 0 Å². The van der Waals surface area contributed by atoms with Crippen LogP contribution >= 0.6 is 11.6 Å². The Morgan fingerprint density at radius 3 is 2.42 bits per heavy atom. The average Bonchev–Trinajstić information content (AvgIpc) is 3.25. The molecule has 8 nitrogen and oxygen atoms in total. The normalized spacial score (nSPS) is 11.3. The number of nitrogens with one attached hydrogen (secondary N) is 4. The van der Waals surface area contributed by atoms with Gasteiger partial charge in [-0.25, -0.2) is 9.37 Å². The van der Waals surface area contributed by atoms with Crippen LogP contribution in [0.25, 0.3) is 11.1 Å². The van der Waals surface area contributed by atoms with Crippen LogP contribution in [0.15, 0.2) is 48.7 Å². The quantitative estimate of drug-likeness (QED) is 0.239. The molecule has 1 amide bonds. The van der Waals surface area contributed by atoms with E-state index in [0.29, 0.717) is 11.9 Å². The average molecular weight is 520 g/mol. The highest BCUT2D eigenvalue weighted by Gasteiger charge is 2.35. The molecule has 13 heteroatoms. The van der Waals surface area contributed by atoms with Crippen LogP contribution < -0.4 is 16.0 Å². The van der Waals surface area contributed by atoms with Gasteiger partial charge in [-0.2, -0.15) is 23.3 Å². The zero-order valence-electron chi connectivity index (χ0n) is 18.8. The lowest BCUT2D eigenvalue weighted by molar-refractivity contribution is -0.137. The minimum atomic E-state index is -4.80. The van der Waals surface area contributed by atoms with Crippen molar-refractivity contribution in [1.82, 2.24) is 25.5 Å². The van der Waals surface area contributed by atoms with Crippen LogP contribution in [0.5, 0.6) is 0 Å². The summed E-state index contributed by atoms with van der Waals surface area (Å²) in [5, 5.41) is 14.6. The molecule has 186 valence electrons. The third-order valence-corrected chi connectivity index (χ3v) is 5.32. The van der Waals surface area contributed by atoms with Crippen LogP contribution in [0, 0.1) is 12.7 Å². The lowest BCUT2D eigenvalue weighted by Crippen LogP contribution is -2.17. The van der Waals surface area contributed by atoms with E-state index in [0.717, 1.165) is 11.8 Å². The molecule has 0 aliphatic heterocycles. The lowest BCUT2D eigenvalue weighted by atomic mass is 9.97. The van der Waals surface area contributed by atoms with Crippen LogP contribution in [0.3, 0.4) is 0 Å². The number of hydrogen-bond donors (Lipinski definition) is 4. The number of aromatic amines is 1. The van der Waals surface area contributed by atoms with Crippen LogP contribution in [0.2, 0.25) is 5.02 Å². The Bertz CT molecular complexity index is 1420. The van der Waals surface area contributed by atoms with Crippen molar-refractivity contribution in [1.29, 1.82) is 0 Å². The maximum atomic E-state index is 15.0. The molecule has 2 heterocycles. The summed E-state index contributed by atoms with van der Waals surface area (Å²) in [6, 6.07) is 8.43. The second-order valence-corrected chi connectivity index (χ2v) is 8.02. The third-order valence-electron chi connectivity index (χ3n) is 5.04. The van der Waals surface area contributed by atoms with Gasteiger partial charge in [0, 0.05) is 24.4 Å². The first-order chi connectivity index (χ1) is 17.0. The number of carbonyl (C=O) groups is 1. The zero-order chi connectivity index (χ0) is 26.0. The molecular weight excluding hydrogens is 502 g/mol. The number of carbonyl (C=O) groups excluding carboxylic acids is 1. The summed E-state index contributed by atoms with van der Waals surface area (Å²) in [5.74, 6) is -1.04. The minimum absolute atomic E-state index is 0.0870. The second kappa shape index (κ2) is 9.82. The summed E-state index contributed by atoms with van der Waals surface area (Å²) < 4.78 is 56.8. The van der Waals surface area contributed by atoms with E-state index < -0.39 is 29.2 Å². The number of anilines is 4. The van der Waals surface area contributed by atoms with Gasteiger partial charge in [-0.1, -0.05) is 23.7 Å². The number of amides is 1. The number of halogens is 5. The maximum Gasteiger partial charge on any atom is 0.417 e.